The third-order valence-corrected chi connectivity index (χ3v) is 4.72. The maximum absolute atomic E-state index is 12.0. The van der Waals surface area contributed by atoms with Gasteiger partial charge >= 0.3 is 5.97 Å². The number of nitrogens with one attached hydrogen (secondary N) is 2. The van der Waals surface area contributed by atoms with Crippen LogP contribution in [0.2, 0.25) is 0 Å². The van der Waals surface area contributed by atoms with Gasteiger partial charge in [-0.1, -0.05) is 20.4 Å². The Kier molecular flexibility index (Phi) is 6.68. The van der Waals surface area contributed by atoms with Crippen LogP contribution in [0.15, 0.2) is 18.7 Å². The van der Waals surface area contributed by atoms with E-state index < -0.39 is 11.8 Å². The van der Waals surface area contributed by atoms with Crippen LogP contribution in [0.4, 0.5) is 5.69 Å². The average molecular weight is 397 g/mol. The Morgan fingerprint density at radius 3 is 2.77 bits per heavy atom. The summed E-state index contributed by atoms with van der Waals surface area (Å²) in [4.78, 5) is 12.0. The van der Waals surface area contributed by atoms with Crippen molar-refractivity contribution in [3.05, 3.63) is 35.4 Å². The number of cyclic esters (lactones) is 1. The highest BCUT2D eigenvalue weighted by Crippen LogP contribution is 2.35. The zero-order valence-electron chi connectivity index (χ0n) is 14.8. The summed E-state index contributed by atoms with van der Waals surface area (Å²) in [5.41, 5.74) is 2.88. The van der Waals surface area contributed by atoms with Gasteiger partial charge in [0.15, 0.2) is 10.9 Å². The van der Waals surface area contributed by atoms with E-state index in [2.05, 4.69) is 29.8 Å². The van der Waals surface area contributed by atoms with E-state index in [-0.39, 0.29) is 18.9 Å². The summed E-state index contributed by atoms with van der Waals surface area (Å²) in [5, 5.41) is 26.8. The van der Waals surface area contributed by atoms with Gasteiger partial charge in [0.25, 0.3) is 0 Å². The van der Waals surface area contributed by atoms with Crippen molar-refractivity contribution in [3.63, 3.8) is 0 Å². The molecule has 26 heavy (non-hydrogen) atoms. The number of thiol groups is 1. The lowest BCUT2D eigenvalue weighted by Gasteiger charge is -2.27. The van der Waals surface area contributed by atoms with Gasteiger partial charge in [0.05, 0.1) is 5.56 Å². The number of rotatable bonds is 7. The SMILES string of the molecule is C=C(CC(O)(O)C(C)C)c1cc(NC(=S)NCCS)cc2c1COC2=O. The number of thiocarbonyl (C=S) groups is 1. The molecule has 1 aliphatic rings. The first-order valence-corrected chi connectivity index (χ1v) is 9.32. The molecule has 1 heterocycles. The lowest BCUT2D eigenvalue weighted by molar-refractivity contribution is -0.186. The summed E-state index contributed by atoms with van der Waals surface area (Å²) in [6, 6.07) is 3.46. The Balaban J connectivity index is 2.33. The molecular weight excluding hydrogens is 372 g/mol. The first-order chi connectivity index (χ1) is 12.2. The van der Waals surface area contributed by atoms with Gasteiger partial charge < -0.3 is 25.6 Å². The zero-order chi connectivity index (χ0) is 19.5. The Bertz CT molecular complexity index is 732. The molecule has 0 spiro atoms. The minimum absolute atomic E-state index is 0.0445. The van der Waals surface area contributed by atoms with Gasteiger partial charge in [-0.05, 0) is 35.5 Å². The van der Waals surface area contributed by atoms with E-state index in [1.807, 2.05) is 0 Å². The topological polar surface area (TPSA) is 90.8 Å². The normalized spacial score (nSPS) is 13.4. The number of hydrogen-bond donors (Lipinski definition) is 5. The van der Waals surface area contributed by atoms with Crippen LogP contribution >= 0.6 is 24.8 Å². The maximum atomic E-state index is 12.0. The molecule has 0 saturated carbocycles. The van der Waals surface area contributed by atoms with Gasteiger partial charge in [-0.2, -0.15) is 12.6 Å². The van der Waals surface area contributed by atoms with Crippen molar-refractivity contribution in [1.29, 1.82) is 0 Å². The largest absolute Gasteiger partial charge is 0.457 e. The number of ether oxygens (including phenoxy) is 1. The molecule has 0 fully saturated rings. The Hall–Kier alpha value is -1.61. The van der Waals surface area contributed by atoms with Crippen molar-refractivity contribution in [2.75, 3.05) is 17.6 Å². The van der Waals surface area contributed by atoms with E-state index in [0.717, 1.165) is 0 Å². The van der Waals surface area contributed by atoms with Gasteiger partial charge in [0, 0.05) is 35.9 Å². The first kappa shape index (κ1) is 20.7. The lowest BCUT2D eigenvalue weighted by atomic mass is 9.89. The van der Waals surface area contributed by atoms with Crippen LogP contribution in [-0.2, 0) is 11.3 Å². The molecule has 8 heteroatoms. The molecular formula is C18H24N2O4S2. The predicted octanol–water partition coefficient (Wildman–Crippen LogP) is 2.31. The predicted molar refractivity (Wildman–Crippen MR) is 109 cm³/mol. The summed E-state index contributed by atoms with van der Waals surface area (Å²) >= 11 is 9.33. The molecule has 4 N–H and O–H groups in total. The smallest absolute Gasteiger partial charge is 0.338 e. The average Bonchev–Trinajstić information content (AvgIpc) is 2.93. The molecule has 1 aromatic rings. The number of carbonyl (C=O) groups is 1. The number of anilines is 1. The van der Waals surface area contributed by atoms with Gasteiger partial charge in [-0.25, -0.2) is 4.79 Å². The molecule has 2 rings (SSSR count). The summed E-state index contributed by atoms with van der Waals surface area (Å²) in [6.07, 6.45) is -0.0445. The highest BCUT2D eigenvalue weighted by atomic mass is 32.1. The maximum Gasteiger partial charge on any atom is 0.338 e. The molecule has 0 amide bonds. The van der Waals surface area contributed by atoms with Crippen LogP contribution in [0.3, 0.4) is 0 Å². The Morgan fingerprint density at radius 1 is 1.46 bits per heavy atom. The van der Waals surface area contributed by atoms with Crippen molar-refractivity contribution in [3.8, 4) is 0 Å². The molecule has 0 aliphatic carbocycles. The van der Waals surface area contributed by atoms with E-state index in [9.17, 15) is 15.0 Å². The Labute approximate surface area is 164 Å². The fourth-order valence-corrected chi connectivity index (χ4v) is 2.90. The van der Waals surface area contributed by atoms with Crippen LogP contribution < -0.4 is 10.6 Å². The van der Waals surface area contributed by atoms with Crippen LogP contribution in [0, 0.1) is 5.92 Å². The second kappa shape index (κ2) is 8.39. The highest BCUT2D eigenvalue weighted by molar-refractivity contribution is 7.80. The molecule has 6 nitrogen and oxygen atoms in total. The molecule has 0 bridgehead atoms. The number of carbonyl (C=O) groups excluding carboxylic acids is 1. The van der Waals surface area contributed by atoms with Crippen LogP contribution in [0.25, 0.3) is 5.57 Å². The van der Waals surface area contributed by atoms with Gasteiger partial charge in [0.1, 0.15) is 6.61 Å². The highest BCUT2D eigenvalue weighted by Gasteiger charge is 2.31. The van der Waals surface area contributed by atoms with E-state index >= 15 is 0 Å². The summed E-state index contributed by atoms with van der Waals surface area (Å²) in [5.74, 6) is -2.05. The zero-order valence-corrected chi connectivity index (χ0v) is 16.5. The number of fused-ring (bicyclic) bond motifs is 1. The number of esters is 1. The monoisotopic (exact) mass is 396 g/mol. The molecule has 0 unspecified atom stereocenters. The standard InChI is InChI=1S/C18H24N2O4S2/c1-10(2)18(22,23)8-11(3)13-6-12(20-17(26)19-4-5-25)7-14-15(13)9-24-16(14)21/h6-7,10,22-23,25H,3-5,8-9H2,1-2H3,(H2,19,20,26). The third-order valence-electron chi connectivity index (χ3n) is 4.25. The first-order valence-electron chi connectivity index (χ1n) is 8.28. The minimum atomic E-state index is -1.89. The summed E-state index contributed by atoms with van der Waals surface area (Å²) in [7, 11) is 0. The lowest BCUT2D eigenvalue weighted by Crippen LogP contribution is -2.34. The molecule has 0 radical (unpaired) electrons. The third kappa shape index (κ3) is 4.76. The van der Waals surface area contributed by atoms with Crippen LogP contribution in [0.5, 0.6) is 0 Å². The molecule has 0 aromatic heterocycles. The van der Waals surface area contributed by atoms with Crippen LogP contribution in [-0.4, -0.2) is 39.4 Å². The van der Waals surface area contributed by atoms with E-state index in [1.54, 1.807) is 26.0 Å². The summed E-state index contributed by atoms with van der Waals surface area (Å²) < 4.78 is 5.13. The minimum Gasteiger partial charge on any atom is -0.457 e. The van der Waals surface area contributed by atoms with Crippen molar-refractivity contribution in [2.45, 2.75) is 32.7 Å². The van der Waals surface area contributed by atoms with E-state index in [0.29, 0.717) is 45.4 Å². The molecule has 0 saturated heterocycles. The molecule has 0 atom stereocenters. The number of hydrogen-bond acceptors (Lipinski definition) is 6. The van der Waals surface area contributed by atoms with Crippen molar-refractivity contribution in [2.24, 2.45) is 5.92 Å². The van der Waals surface area contributed by atoms with Gasteiger partial charge in [-0.3, -0.25) is 0 Å². The van der Waals surface area contributed by atoms with Crippen LogP contribution in [0.1, 0.15) is 41.8 Å². The fraction of sp³-hybridized carbons (Fsp3) is 0.444. The number of benzene rings is 1. The molecule has 142 valence electrons. The summed E-state index contributed by atoms with van der Waals surface area (Å²) in [6.45, 7) is 8.16. The van der Waals surface area contributed by atoms with Crippen molar-refractivity contribution in [1.82, 2.24) is 5.32 Å². The second-order valence-corrected chi connectivity index (χ2v) is 7.40. The number of aliphatic hydroxyl groups is 2. The Morgan fingerprint density at radius 2 is 2.15 bits per heavy atom. The van der Waals surface area contributed by atoms with Gasteiger partial charge in [-0.15, -0.1) is 0 Å². The van der Waals surface area contributed by atoms with Gasteiger partial charge in [0.2, 0.25) is 0 Å². The van der Waals surface area contributed by atoms with Crippen molar-refractivity contribution >= 4 is 47.2 Å². The second-order valence-electron chi connectivity index (χ2n) is 6.54. The molecule has 1 aliphatic heterocycles. The molecule has 1 aromatic carbocycles. The van der Waals surface area contributed by atoms with Crippen molar-refractivity contribution < 1.29 is 19.7 Å². The quantitative estimate of drug-likeness (QED) is 0.209. The van der Waals surface area contributed by atoms with E-state index in [1.165, 1.54) is 0 Å². The van der Waals surface area contributed by atoms with E-state index in [4.69, 9.17) is 17.0 Å². The fourth-order valence-electron chi connectivity index (χ4n) is 2.57.